The number of nitrogens with zero attached hydrogens (tertiary/aromatic N) is 1. The van der Waals surface area contributed by atoms with E-state index in [0.717, 1.165) is 10.6 Å². The summed E-state index contributed by atoms with van der Waals surface area (Å²) < 4.78 is 0. The van der Waals surface area contributed by atoms with Gasteiger partial charge in [-0.1, -0.05) is 26.2 Å². The Morgan fingerprint density at radius 1 is 1.19 bits per heavy atom. The molecule has 0 N–H and O–H groups in total. The van der Waals surface area contributed by atoms with Crippen molar-refractivity contribution in [1.29, 1.82) is 0 Å². The highest BCUT2D eigenvalue weighted by Gasteiger charge is 2.03. The molecule has 0 aliphatic heterocycles. The van der Waals surface area contributed by atoms with E-state index < -0.39 is 0 Å². The first-order chi connectivity index (χ1) is 7.74. The minimum Gasteiger partial charge on any atom is -0.258 e. The van der Waals surface area contributed by atoms with Crippen LogP contribution in [0.1, 0.15) is 32.6 Å². The number of nitro benzene ring substituents is 1. The van der Waals surface area contributed by atoms with Crippen LogP contribution in [0.4, 0.5) is 5.69 Å². The maximum absolute atomic E-state index is 10.4. The molecule has 0 amide bonds. The van der Waals surface area contributed by atoms with Gasteiger partial charge in [-0.25, -0.2) is 0 Å². The van der Waals surface area contributed by atoms with E-state index in [0.29, 0.717) is 0 Å². The molecular formula is C12H17NO2S. The molecule has 0 atom stereocenters. The van der Waals surface area contributed by atoms with Gasteiger partial charge in [0, 0.05) is 17.0 Å². The molecule has 0 saturated heterocycles. The van der Waals surface area contributed by atoms with Gasteiger partial charge in [0.1, 0.15) is 0 Å². The molecule has 1 aromatic carbocycles. The Kier molecular flexibility index (Phi) is 5.93. The van der Waals surface area contributed by atoms with Crippen molar-refractivity contribution in [1.82, 2.24) is 0 Å². The van der Waals surface area contributed by atoms with E-state index in [1.54, 1.807) is 23.9 Å². The largest absolute Gasteiger partial charge is 0.269 e. The van der Waals surface area contributed by atoms with Gasteiger partial charge in [0.2, 0.25) is 0 Å². The molecule has 0 aliphatic rings. The van der Waals surface area contributed by atoms with Crippen LogP contribution in [-0.2, 0) is 0 Å². The number of thioether (sulfide) groups is 1. The molecule has 0 aliphatic carbocycles. The molecule has 0 spiro atoms. The second-order valence-electron chi connectivity index (χ2n) is 3.66. The number of rotatable bonds is 7. The van der Waals surface area contributed by atoms with Gasteiger partial charge in [-0.05, 0) is 24.3 Å². The van der Waals surface area contributed by atoms with E-state index >= 15 is 0 Å². The number of non-ortho nitro benzene ring substituents is 1. The normalized spacial score (nSPS) is 10.3. The van der Waals surface area contributed by atoms with Crippen LogP contribution >= 0.6 is 11.8 Å². The lowest BCUT2D eigenvalue weighted by Crippen LogP contribution is -1.87. The number of unbranched alkanes of at least 4 members (excludes halogenated alkanes) is 3. The molecule has 0 radical (unpaired) electrons. The van der Waals surface area contributed by atoms with Gasteiger partial charge < -0.3 is 0 Å². The van der Waals surface area contributed by atoms with Gasteiger partial charge >= 0.3 is 0 Å². The van der Waals surface area contributed by atoms with E-state index in [1.165, 1.54) is 25.7 Å². The molecule has 0 bridgehead atoms. The number of hydrogen-bond acceptors (Lipinski definition) is 3. The topological polar surface area (TPSA) is 43.1 Å². The minimum atomic E-state index is -0.365. The molecule has 1 rings (SSSR count). The summed E-state index contributed by atoms with van der Waals surface area (Å²) in [5, 5.41) is 10.4. The summed E-state index contributed by atoms with van der Waals surface area (Å²) in [7, 11) is 0. The number of benzene rings is 1. The average Bonchev–Trinajstić information content (AvgIpc) is 2.29. The summed E-state index contributed by atoms with van der Waals surface area (Å²) in [5.74, 6) is 1.10. The fraction of sp³-hybridized carbons (Fsp3) is 0.500. The molecule has 0 fully saturated rings. The second-order valence-corrected chi connectivity index (χ2v) is 4.83. The van der Waals surface area contributed by atoms with E-state index in [2.05, 4.69) is 6.92 Å². The van der Waals surface area contributed by atoms with Gasteiger partial charge in [0.05, 0.1) is 4.92 Å². The van der Waals surface area contributed by atoms with Gasteiger partial charge in [-0.3, -0.25) is 10.1 Å². The molecule has 16 heavy (non-hydrogen) atoms. The van der Waals surface area contributed by atoms with E-state index in [9.17, 15) is 10.1 Å². The first-order valence-corrected chi connectivity index (χ1v) is 6.60. The Morgan fingerprint density at radius 2 is 1.88 bits per heavy atom. The van der Waals surface area contributed by atoms with E-state index in [1.807, 2.05) is 12.1 Å². The molecule has 0 heterocycles. The van der Waals surface area contributed by atoms with Crippen LogP contribution in [0.15, 0.2) is 29.2 Å². The summed E-state index contributed by atoms with van der Waals surface area (Å²) in [5.41, 5.74) is 0.162. The Morgan fingerprint density at radius 3 is 2.44 bits per heavy atom. The number of hydrogen-bond donors (Lipinski definition) is 0. The zero-order valence-corrected chi connectivity index (χ0v) is 10.3. The van der Waals surface area contributed by atoms with E-state index in [-0.39, 0.29) is 10.6 Å². The summed E-state index contributed by atoms with van der Waals surface area (Å²) in [4.78, 5) is 11.2. The maximum Gasteiger partial charge on any atom is 0.269 e. The lowest BCUT2D eigenvalue weighted by Gasteiger charge is -2.01. The Hall–Kier alpha value is -1.03. The fourth-order valence-electron chi connectivity index (χ4n) is 1.38. The van der Waals surface area contributed by atoms with Crippen LogP contribution in [0, 0.1) is 10.1 Å². The van der Waals surface area contributed by atoms with Crippen molar-refractivity contribution < 1.29 is 4.92 Å². The van der Waals surface area contributed by atoms with Crippen LogP contribution in [-0.4, -0.2) is 10.7 Å². The van der Waals surface area contributed by atoms with Gasteiger partial charge in [-0.15, -0.1) is 11.8 Å². The van der Waals surface area contributed by atoms with Gasteiger partial charge in [-0.2, -0.15) is 0 Å². The van der Waals surface area contributed by atoms with Crippen molar-refractivity contribution >= 4 is 17.4 Å². The van der Waals surface area contributed by atoms with Crippen LogP contribution in [0.25, 0.3) is 0 Å². The molecule has 0 saturated carbocycles. The SMILES string of the molecule is CCCCCCSc1ccc([N+](=O)[O-])cc1. The zero-order chi connectivity index (χ0) is 11.8. The third-order valence-electron chi connectivity index (χ3n) is 2.31. The summed E-state index contributed by atoms with van der Waals surface area (Å²) >= 11 is 1.77. The summed E-state index contributed by atoms with van der Waals surface area (Å²) in [6.45, 7) is 2.20. The Labute approximate surface area is 100 Å². The lowest BCUT2D eigenvalue weighted by molar-refractivity contribution is -0.384. The lowest BCUT2D eigenvalue weighted by atomic mass is 10.2. The summed E-state index contributed by atoms with van der Waals surface area (Å²) in [6.07, 6.45) is 5.04. The third-order valence-corrected chi connectivity index (χ3v) is 3.41. The van der Waals surface area contributed by atoms with Crippen molar-refractivity contribution in [2.24, 2.45) is 0 Å². The Balaban J connectivity index is 2.29. The van der Waals surface area contributed by atoms with Crippen molar-refractivity contribution in [3.63, 3.8) is 0 Å². The van der Waals surface area contributed by atoms with E-state index in [4.69, 9.17) is 0 Å². The highest BCUT2D eigenvalue weighted by molar-refractivity contribution is 7.99. The molecule has 4 heteroatoms. The standard InChI is InChI=1S/C12H17NO2S/c1-2-3-4-5-10-16-12-8-6-11(7-9-12)13(14)15/h6-9H,2-5,10H2,1H3. The van der Waals surface area contributed by atoms with Crippen molar-refractivity contribution in [2.75, 3.05) is 5.75 Å². The molecular weight excluding hydrogens is 222 g/mol. The smallest absolute Gasteiger partial charge is 0.258 e. The molecule has 1 aromatic rings. The quantitative estimate of drug-likeness (QED) is 0.309. The highest BCUT2D eigenvalue weighted by atomic mass is 32.2. The van der Waals surface area contributed by atoms with Crippen LogP contribution in [0.5, 0.6) is 0 Å². The minimum absolute atomic E-state index is 0.162. The zero-order valence-electron chi connectivity index (χ0n) is 9.52. The first-order valence-electron chi connectivity index (χ1n) is 5.61. The van der Waals surface area contributed by atoms with Crippen molar-refractivity contribution in [3.05, 3.63) is 34.4 Å². The predicted molar refractivity (Wildman–Crippen MR) is 68.0 cm³/mol. The van der Waals surface area contributed by atoms with Gasteiger partial charge in [0.15, 0.2) is 0 Å². The van der Waals surface area contributed by atoms with Crippen LogP contribution in [0.2, 0.25) is 0 Å². The average molecular weight is 239 g/mol. The molecule has 3 nitrogen and oxygen atoms in total. The van der Waals surface area contributed by atoms with Gasteiger partial charge in [0.25, 0.3) is 5.69 Å². The molecule has 88 valence electrons. The van der Waals surface area contributed by atoms with Crippen molar-refractivity contribution in [3.8, 4) is 0 Å². The van der Waals surface area contributed by atoms with Crippen molar-refractivity contribution in [2.45, 2.75) is 37.5 Å². The van der Waals surface area contributed by atoms with Crippen LogP contribution in [0.3, 0.4) is 0 Å². The Bertz CT molecular complexity index is 324. The fourth-order valence-corrected chi connectivity index (χ4v) is 2.30. The predicted octanol–water partition coefficient (Wildman–Crippen LogP) is 4.27. The first kappa shape index (κ1) is 13.0. The highest BCUT2D eigenvalue weighted by Crippen LogP contribution is 2.22. The number of nitro groups is 1. The maximum atomic E-state index is 10.4. The summed E-state index contributed by atoms with van der Waals surface area (Å²) in [6, 6.07) is 6.77. The van der Waals surface area contributed by atoms with Crippen LogP contribution < -0.4 is 0 Å². The monoisotopic (exact) mass is 239 g/mol. The molecule has 0 aromatic heterocycles. The third kappa shape index (κ3) is 4.66. The molecule has 0 unspecified atom stereocenters. The second kappa shape index (κ2) is 7.28.